The van der Waals surface area contributed by atoms with Crippen LogP contribution in [0.4, 0.5) is 25.8 Å². The van der Waals surface area contributed by atoms with Gasteiger partial charge in [0.2, 0.25) is 11.8 Å². The van der Waals surface area contributed by atoms with E-state index in [1.165, 1.54) is 19.1 Å². The third kappa shape index (κ3) is 4.39. The fourth-order valence-corrected chi connectivity index (χ4v) is 3.14. The van der Waals surface area contributed by atoms with Crippen molar-refractivity contribution in [1.29, 1.82) is 0 Å². The van der Waals surface area contributed by atoms with Gasteiger partial charge in [-0.2, -0.15) is 8.78 Å². The Morgan fingerprint density at radius 2 is 1.93 bits per heavy atom. The third-order valence-corrected chi connectivity index (χ3v) is 4.49. The smallest absolute Gasteiger partial charge is 0.387 e. The normalized spacial score (nSPS) is 13.8. The van der Waals surface area contributed by atoms with Gasteiger partial charge in [0.25, 0.3) is 0 Å². The van der Waals surface area contributed by atoms with E-state index in [2.05, 4.69) is 15.4 Å². The molecule has 28 heavy (non-hydrogen) atoms. The van der Waals surface area contributed by atoms with E-state index in [9.17, 15) is 18.4 Å². The van der Waals surface area contributed by atoms with Gasteiger partial charge in [0.15, 0.2) is 0 Å². The minimum Gasteiger partial charge on any atom is -0.433 e. The summed E-state index contributed by atoms with van der Waals surface area (Å²) in [7, 11) is 0. The molecule has 1 atom stereocenters. The summed E-state index contributed by atoms with van der Waals surface area (Å²) in [5.74, 6) is -0.493. The molecule has 0 spiro atoms. The van der Waals surface area contributed by atoms with Crippen molar-refractivity contribution >= 4 is 28.9 Å². The first kappa shape index (κ1) is 19.6. The summed E-state index contributed by atoms with van der Waals surface area (Å²) in [4.78, 5) is 25.8. The predicted molar refractivity (Wildman–Crippen MR) is 103 cm³/mol. The Morgan fingerprint density at radius 1 is 1.18 bits per heavy atom. The zero-order valence-electron chi connectivity index (χ0n) is 15.5. The van der Waals surface area contributed by atoms with Gasteiger partial charge in [0, 0.05) is 24.8 Å². The van der Waals surface area contributed by atoms with Crippen LogP contribution in [-0.4, -0.2) is 31.0 Å². The van der Waals surface area contributed by atoms with Crippen LogP contribution >= 0.6 is 0 Å². The van der Waals surface area contributed by atoms with E-state index in [1.807, 2.05) is 12.1 Å². The summed E-state index contributed by atoms with van der Waals surface area (Å²) in [6, 6.07) is 11.0. The molecule has 0 radical (unpaired) electrons. The van der Waals surface area contributed by atoms with Crippen molar-refractivity contribution in [3.63, 3.8) is 0 Å². The van der Waals surface area contributed by atoms with Gasteiger partial charge in [-0.05, 0) is 49.2 Å². The van der Waals surface area contributed by atoms with Crippen LogP contribution in [0.25, 0.3) is 0 Å². The number of halogens is 2. The predicted octanol–water partition coefficient (Wildman–Crippen LogP) is 3.64. The van der Waals surface area contributed by atoms with E-state index >= 15 is 0 Å². The van der Waals surface area contributed by atoms with Crippen molar-refractivity contribution in [2.45, 2.75) is 32.9 Å². The van der Waals surface area contributed by atoms with Crippen LogP contribution in [0.5, 0.6) is 5.75 Å². The molecule has 1 aliphatic rings. The number of hydrogen-bond donors (Lipinski definition) is 2. The van der Waals surface area contributed by atoms with Crippen molar-refractivity contribution < 1.29 is 23.1 Å². The molecule has 1 aliphatic heterocycles. The Labute approximate surface area is 161 Å². The molecule has 1 heterocycles. The second-order valence-electron chi connectivity index (χ2n) is 6.49. The van der Waals surface area contributed by atoms with Gasteiger partial charge in [0.1, 0.15) is 11.8 Å². The fraction of sp³-hybridized carbons (Fsp3) is 0.300. The molecule has 0 aromatic heterocycles. The van der Waals surface area contributed by atoms with Crippen LogP contribution in [0.3, 0.4) is 0 Å². The summed E-state index contributed by atoms with van der Waals surface area (Å²) in [5, 5.41) is 5.69. The SMILES string of the molecule is CC(=O)N1CCc2cc(N[C@H](C)C(=O)Nc3ccccc3OC(F)F)ccc21. The van der Waals surface area contributed by atoms with Crippen LogP contribution in [0.15, 0.2) is 42.5 Å². The van der Waals surface area contributed by atoms with Crippen LogP contribution < -0.4 is 20.3 Å². The van der Waals surface area contributed by atoms with Gasteiger partial charge < -0.3 is 20.3 Å². The molecule has 0 aliphatic carbocycles. The van der Waals surface area contributed by atoms with Crippen LogP contribution in [0, 0.1) is 0 Å². The van der Waals surface area contributed by atoms with Crippen molar-refractivity contribution in [3.05, 3.63) is 48.0 Å². The molecule has 0 fully saturated rings. The van der Waals surface area contributed by atoms with Crippen molar-refractivity contribution in [2.75, 3.05) is 22.1 Å². The lowest BCUT2D eigenvalue weighted by molar-refractivity contribution is -0.117. The minimum absolute atomic E-state index is 0.00288. The van der Waals surface area contributed by atoms with Gasteiger partial charge in [-0.3, -0.25) is 9.59 Å². The first-order valence-electron chi connectivity index (χ1n) is 8.87. The Balaban J connectivity index is 1.66. The summed E-state index contributed by atoms with van der Waals surface area (Å²) in [6.07, 6.45) is 0.753. The van der Waals surface area contributed by atoms with Crippen molar-refractivity contribution in [1.82, 2.24) is 0 Å². The maximum Gasteiger partial charge on any atom is 0.387 e. The minimum atomic E-state index is -2.98. The number of carbonyl (C=O) groups is 2. The Hall–Kier alpha value is -3.16. The highest BCUT2D eigenvalue weighted by molar-refractivity contribution is 5.98. The first-order valence-corrected chi connectivity index (χ1v) is 8.87. The monoisotopic (exact) mass is 389 g/mol. The van der Waals surface area contributed by atoms with Crippen molar-refractivity contribution in [2.24, 2.45) is 0 Å². The summed E-state index contributed by atoms with van der Waals surface area (Å²) >= 11 is 0. The number of carbonyl (C=O) groups excluding carboxylic acids is 2. The van der Waals surface area contributed by atoms with Crippen LogP contribution in [-0.2, 0) is 16.0 Å². The maximum absolute atomic E-state index is 12.5. The molecule has 8 heteroatoms. The molecule has 3 rings (SSSR count). The van der Waals surface area contributed by atoms with Gasteiger partial charge in [-0.1, -0.05) is 12.1 Å². The van der Waals surface area contributed by atoms with E-state index in [0.717, 1.165) is 23.4 Å². The highest BCUT2D eigenvalue weighted by Gasteiger charge is 2.23. The largest absolute Gasteiger partial charge is 0.433 e. The number of para-hydroxylation sites is 2. The molecule has 0 unspecified atom stereocenters. The van der Waals surface area contributed by atoms with Gasteiger partial charge >= 0.3 is 6.61 Å². The average Bonchev–Trinajstić information content (AvgIpc) is 3.06. The highest BCUT2D eigenvalue weighted by atomic mass is 19.3. The molecular formula is C20H21F2N3O3. The number of amides is 2. The molecule has 6 nitrogen and oxygen atoms in total. The second kappa shape index (κ2) is 8.24. The second-order valence-corrected chi connectivity index (χ2v) is 6.49. The third-order valence-electron chi connectivity index (χ3n) is 4.49. The maximum atomic E-state index is 12.5. The van der Waals surface area contributed by atoms with E-state index in [-0.39, 0.29) is 17.3 Å². The molecule has 2 N–H and O–H groups in total. The molecule has 0 bridgehead atoms. The van der Waals surface area contributed by atoms with Crippen molar-refractivity contribution in [3.8, 4) is 5.75 Å². The van der Waals surface area contributed by atoms with E-state index < -0.39 is 18.6 Å². The molecule has 2 aromatic carbocycles. The number of alkyl halides is 2. The number of nitrogens with zero attached hydrogens (tertiary/aromatic N) is 1. The van der Waals surface area contributed by atoms with Crippen LogP contribution in [0.1, 0.15) is 19.4 Å². The lowest BCUT2D eigenvalue weighted by Gasteiger charge is -2.18. The zero-order valence-corrected chi connectivity index (χ0v) is 15.5. The van der Waals surface area contributed by atoms with E-state index in [4.69, 9.17) is 0 Å². The highest BCUT2D eigenvalue weighted by Crippen LogP contribution is 2.31. The summed E-state index contributed by atoms with van der Waals surface area (Å²) in [6.45, 7) is 0.865. The number of rotatable bonds is 6. The van der Waals surface area contributed by atoms with Gasteiger partial charge in [-0.25, -0.2) is 0 Å². The van der Waals surface area contributed by atoms with E-state index in [1.54, 1.807) is 30.0 Å². The number of ether oxygens (including phenoxy) is 1. The number of anilines is 3. The standard InChI is InChI=1S/C20H21F2N3O3/c1-12(19(27)24-16-5-3-4-6-18(16)28-20(21)22)23-15-7-8-17-14(11-15)9-10-25(17)13(2)26/h3-8,11-12,20,23H,9-10H2,1-2H3,(H,24,27)/t12-/m1/s1. The number of hydrogen-bond acceptors (Lipinski definition) is 4. The molecule has 2 amide bonds. The first-order chi connectivity index (χ1) is 13.3. The molecule has 0 saturated carbocycles. The lowest BCUT2D eigenvalue weighted by Crippen LogP contribution is -2.32. The molecule has 148 valence electrons. The average molecular weight is 389 g/mol. The molecular weight excluding hydrogens is 368 g/mol. The summed E-state index contributed by atoms with van der Waals surface area (Å²) < 4.78 is 29.4. The fourth-order valence-electron chi connectivity index (χ4n) is 3.14. The van der Waals surface area contributed by atoms with Gasteiger partial charge in [0.05, 0.1) is 5.69 Å². The summed E-state index contributed by atoms with van der Waals surface area (Å²) in [5.41, 5.74) is 2.83. The Morgan fingerprint density at radius 3 is 2.64 bits per heavy atom. The topological polar surface area (TPSA) is 70.7 Å². The van der Waals surface area contributed by atoms with Gasteiger partial charge in [-0.15, -0.1) is 0 Å². The van der Waals surface area contributed by atoms with E-state index in [0.29, 0.717) is 6.54 Å². The quantitative estimate of drug-likeness (QED) is 0.792. The van der Waals surface area contributed by atoms with Crippen LogP contribution in [0.2, 0.25) is 0 Å². The molecule has 2 aromatic rings. The number of benzene rings is 2. The Bertz CT molecular complexity index is 889. The zero-order chi connectivity index (χ0) is 20.3. The Kier molecular flexibility index (Phi) is 5.77. The number of fused-ring (bicyclic) bond motifs is 1. The molecule has 0 saturated heterocycles. The lowest BCUT2D eigenvalue weighted by atomic mass is 10.1. The number of nitrogens with one attached hydrogen (secondary N) is 2.